The predicted molar refractivity (Wildman–Crippen MR) is 69.9 cm³/mol. The Morgan fingerprint density at radius 1 is 1.47 bits per heavy atom. The maximum atomic E-state index is 9.62. The summed E-state index contributed by atoms with van der Waals surface area (Å²) >= 11 is 0. The van der Waals surface area contributed by atoms with Gasteiger partial charge in [0.1, 0.15) is 0 Å². The van der Waals surface area contributed by atoms with Crippen LogP contribution in [0.3, 0.4) is 0 Å². The van der Waals surface area contributed by atoms with Crippen molar-refractivity contribution in [1.82, 2.24) is 5.32 Å². The SMILES string of the molecule is COCC(CCCN)NCC1CCCC(O)C1. The van der Waals surface area contributed by atoms with Gasteiger partial charge in [-0.15, -0.1) is 0 Å². The Balaban J connectivity index is 2.19. The summed E-state index contributed by atoms with van der Waals surface area (Å²) in [6, 6.07) is 0.405. The number of nitrogens with two attached hydrogens (primary N) is 1. The fourth-order valence-electron chi connectivity index (χ4n) is 2.59. The molecule has 0 aromatic heterocycles. The fraction of sp³-hybridized carbons (Fsp3) is 1.00. The first-order chi connectivity index (χ1) is 8.26. The molecule has 0 spiro atoms. The topological polar surface area (TPSA) is 67.5 Å². The summed E-state index contributed by atoms with van der Waals surface area (Å²) < 4.78 is 5.21. The van der Waals surface area contributed by atoms with E-state index in [0.29, 0.717) is 12.0 Å². The van der Waals surface area contributed by atoms with Gasteiger partial charge in [-0.1, -0.05) is 6.42 Å². The van der Waals surface area contributed by atoms with E-state index in [0.717, 1.165) is 51.8 Å². The Morgan fingerprint density at radius 3 is 2.94 bits per heavy atom. The monoisotopic (exact) mass is 244 g/mol. The average molecular weight is 244 g/mol. The molecule has 4 N–H and O–H groups in total. The molecule has 3 atom stereocenters. The summed E-state index contributed by atoms with van der Waals surface area (Å²) in [6.07, 6.45) is 6.34. The van der Waals surface area contributed by atoms with Gasteiger partial charge in [-0.05, 0) is 51.1 Å². The molecule has 1 saturated carbocycles. The molecule has 0 radical (unpaired) electrons. The van der Waals surface area contributed by atoms with Crippen LogP contribution in [0.2, 0.25) is 0 Å². The van der Waals surface area contributed by atoms with E-state index in [4.69, 9.17) is 10.5 Å². The third-order valence-electron chi connectivity index (χ3n) is 3.57. The molecule has 0 aromatic rings. The second-order valence-electron chi connectivity index (χ2n) is 5.18. The number of hydrogen-bond donors (Lipinski definition) is 3. The maximum Gasteiger partial charge on any atom is 0.0615 e. The van der Waals surface area contributed by atoms with E-state index in [1.165, 1.54) is 6.42 Å². The van der Waals surface area contributed by atoms with E-state index >= 15 is 0 Å². The van der Waals surface area contributed by atoms with Gasteiger partial charge in [-0.25, -0.2) is 0 Å². The van der Waals surface area contributed by atoms with Gasteiger partial charge in [0.15, 0.2) is 0 Å². The summed E-state index contributed by atoms with van der Waals surface area (Å²) in [4.78, 5) is 0. The smallest absolute Gasteiger partial charge is 0.0615 e. The molecule has 0 aliphatic heterocycles. The minimum Gasteiger partial charge on any atom is -0.393 e. The molecular weight excluding hydrogens is 216 g/mol. The molecule has 17 heavy (non-hydrogen) atoms. The quantitative estimate of drug-likeness (QED) is 0.593. The molecule has 0 saturated heterocycles. The van der Waals surface area contributed by atoms with Gasteiger partial charge < -0.3 is 20.9 Å². The van der Waals surface area contributed by atoms with Gasteiger partial charge in [-0.3, -0.25) is 0 Å². The minimum atomic E-state index is -0.0829. The van der Waals surface area contributed by atoms with Crippen LogP contribution in [0, 0.1) is 5.92 Å². The van der Waals surface area contributed by atoms with Gasteiger partial charge >= 0.3 is 0 Å². The molecule has 0 heterocycles. The van der Waals surface area contributed by atoms with Crippen LogP contribution in [-0.4, -0.2) is 44.1 Å². The lowest BCUT2D eigenvalue weighted by Gasteiger charge is -2.28. The van der Waals surface area contributed by atoms with Crippen LogP contribution >= 0.6 is 0 Å². The highest BCUT2D eigenvalue weighted by molar-refractivity contribution is 4.76. The Labute approximate surface area is 105 Å². The van der Waals surface area contributed by atoms with Crippen LogP contribution in [0.5, 0.6) is 0 Å². The summed E-state index contributed by atoms with van der Waals surface area (Å²) in [6.45, 7) is 2.48. The number of ether oxygens (including phenoxy) is 1. The summed E-state index contributed by atoms with van der Waals surface area (Å²) in [5.74, 6) is 0.621. The van der Waals surface area contributed by atoms with Crippen molar-refractivity contribution in [2.75, 3.05) is 26.8 Å². The number of methoxy groups -OCH3 is 1. The lowest BCUT2D eigenvalue weighted by Crippen LogP contribution is -2.38. The molecule has 1 rings (SSSR count). The van der Waals surface area contributed by atoms with E-state index in [9.17, 15) is 5.11 Å². The van der Waals surface area contributed by atoms with Crippen molar-refractivity contribution in [3.05, 3.63) is 0 Å². The molecule has 0 bridgehead atoms. The summed E-state index contributed by atoms with van der Waals surface area (Å²) in [5.41, 5.74) is 5.53. The second-order valence-corrected chi connectivity index (χ2v) is 5.18. The lowest BCUT2D eigenvalue weighted by atomic mass is 9.87. The van der Waals surface area contributed by atoms with Crippen LogP contribution in [0.4, 0.5) is 0 Å². The molecule has 0 aromatic carbocycles. The number of nitrogens with one attached hydrogen (secondary N) is 1. The highest BCUT2D eigenvalue weighted by atomic mass is 16.5. The Morgan fingerprint density at radius 2 is 2.29 bits per heavy atom. The van der Waals surface area contributed by atoms with Crippen LogP contribution in [0.25, 0.3) is 0 Å². The Hall–Kier alpha value is -0.160. The van der Waals surface area contributed by atoms with E-state index in [1.807, 2.05) is 0 Å². The third kappa shape index (κ3) is 6.36. The molecule has 102 valence electrons. The van der Waals surface area contributed by atoms with Gasteiger partial charge in [0.05, 0.1) is 12.7 Å². The molecule has 1 fully saturated rings. The second kappa shape index (κ2) is 8.86. The number of hydrogen-bond acceptors (Lipinski definition) is 4. The van der Waals surface area contributed by atoms with E-state index in [2.05, 4.69) is 5.32 Å². The van der Waals surface area contributed by atoms with E-state index in [1.54, 1.807) is 7.11 Å². The standard InChI is InChI=1S/C13H28N2O2/c1-17-10-12(5-3-7-14)15-9-11-4-2-6-13(16)8-11/h11-13,15-16H,2-10,14H2,1H3. The number of aliphatic hydroxyl groups excluding tert-OH is 1. The molecule has 3 unspecified atom stereocenters. The molecule has 0 amide bonds. The van der Waals surface area contributed by atoms with Crippen molar-refractivity contribution in [3.63, 3.8) is 0 Å². The fourth-order valence-corrected chi connectivity index (χ4v) is 2.59. The molecule has 1 aliphatic carbocycles. The Bertz CT molecular complexity index is 190. The van der Waals surface area contributed by atoms with Crippen molar-refractivity contribution in [1.29, 1.82) is 0 Å². The van der Waals surface area contributed by atoms with Gasteiger partial charge in [0.25, 0.3) is 0 Å². The first kappa shape index (κ1) is 14.9. The van der Waals surface area contributed by atoms with Crippen molar-refractivity contribution in [3.8, 4) is 0 Å². The first-order valence-corrected chi connectivity index (χ1v) is 6.86. The van der Waals surface area contributed by atoms with Gasteiger partial charge in [-0.2, -0.15) is 0 Å². The maximum absolute atomic E-state index is 9.62. The van der Waals surface area contributed by atoms with Gasteiger partial charge in [0, 0.05) is 13.2 Å². The highest BCUT2D eigenvalue weighted by Crippen LogP contribution is 2.23. The van der Waals surface area contributed by atoms with E-state index in [-0.39, 0.29) is 6.10 Å². The van der Waals surface area contributed by atoms with Crippen molar-refractivity contribution in [2.24, 2.45) is 11.7 Å². The van der Waals surface area contributed by atoms with Crippen molar-refractivity contribution < 1.29 is 9.84 Å². The lowest BCUT2D eigenvalue weighted by molar-refractivity contribution is 0.0961. The zero-order chi connectivity index (χ0) is 12.5. The van der Waals surface area contributed by atoms with Crippen LogP contribution in [0.1, 0.15) is 38.5 Å². The number of rotatable bonds is 8. The first-order valence-electron chi connectivity index (χ1n) is 6.86. The molecule has 4 nitrogen and oxygen atoms in total. The number of aliphatic hydroxyl groups is 1. The molecular formula is C13H28N2O2. The summed E-state index contributed by atoms with van der Waals surface area (Å²) in [5, 5.41) is 13.2. The Kier molecular flexibility index (Phi) is 7.77. The summed E-state index contributed by atoms with van der Waals surface area (Å²) in [7, 11) is 1.74. The zero-order valence-electron chi connectivity index (χ0n) is 11.0. The van der Waals surface area contributed by atoms with Crippen LogP contribution < -0.4 is 11.1 Å². The predicted octanol–water partition coefficient (Wildman–Crippen LogP) is 0.881. The molecule has 1 aliphatic rings. The third-order valence-corrected chi connectivity index (χ3v) is 3.57. The minimum absolute atomic E-state index is 0.0829. The van der Waals surface area contributed by atoms with Crippen LogP contribution in [0.15, 0.2) is 0 Å². The largest absolute Gasteiger partial charge is 0.393 e. The zero-order valence-corrected chi connectivity index (χ0v) is 11.0. The normalized spacial score (nSPS) is 27.0. The van der Waals surface area contributed by atoms with Crippen molar-refractivity contribution >= 4 is 0 Å². The van der Waals surface area contributed by atoms with Gasteiger partial charge in [0.2, 0.25) is 0 Å². The molecule has 4 heteroatoms. The average Bonchev–Trinajstić information content (AvgIpc) is 2.33. The highest BCUT2D eigenvalue weighted by Gasteiger charge is 2.20. The van der Waals surface area contributed by atoms with Crippen molar-refractivity contribution in [2.45, 2.75) is 50.7 Å². The van der Waals surface area contributed by atoms with Crippen LogP contribution in [-0.2, 0) is 4.74 Å². The van der Waals surface area contributed by atoms with E-state index < -0.39 is 0 Å².